The topological polar surface area (TPSA) is 49.7 Å². The number of hydrogen-bond donors (Lipinski definition) is 2. The summed E-state index contributed by atoms with van der Waals surface area (Å²) in [5.41, 5.74) is 3.53. The van der Waals surface area contributed by atoms with Crippen molar-refractivity contribution in [2.45, 2.75) is 39.0 Å². The van der Waals surface area contributed by atoms with Crippen molar-refractivity contribution in [3.63, 3.8) is 0 Å². The fourth-order valence-electron chi connectivity index (χ4n) is 3.16. The molecule has 0 aromatic heterocycles. The third-order valence-corrected chi connectivity index (χ3v) is 4.72. The van der Waals surface area contributed by atoms with Crippen molar-refractivity contribution in [2.24, 2.45) is 0 Å². The summed E-state index contributed by atoms with van der Waals surface area (Å²) < 4.78 is 5.92. The van der Waals surface area contributed by atoms with Crippen LogP contribution in [0.2, 0.25) is 0 Å². The van der Waals surface area contributed by atoms with Crippen LogP contribution in [0.5, 0.6) is 23.0 Å². The molecule has 3 aromatic carbocycles. The molecule has 0 spiro atoms. The summed E-state index contributed by atoms with van der Waals surface area (Å²) in [5.74, 6) is 1.84. The Hall–Kier alpha value is -2.94. The van der Waals surface area contributed by atoms with Gasteiger partial charge in [-0.3, -0.25) is 0 Å². The zero-order chi connectivity index (χ0) is 19.2. The highest BCUT2D eigenvalue weighted by Gasteiger charge is 2.12. The maximum absolute atomic E-state index is 10.2. The van der Waals surface area contributed by atoms with Crippen LogP contribution in [-0.4, -0.2) is 10.2 Å². The van der Waals surface area contributed by atoms with Crippen molar-refractivity contribution < 1.29 is 14.9 Å². The summed E-state index contributed by atoms with van der Waals surface area (Å²) in [7, 11) is 0. The molecule has 0 bridgehead atoms. The van der Waals surface area contributed by atoms with Crippen LogP contribution >= 0.6 is 0 Å². The number of phenolic OH excluding ortho intramolecular Hbond substituents is 2. The minimum absolute atomic E-state index is 0.133. The molecule has 0 fully saturated rings. The molecule has 2 N–H and O–H groups in total. The first-order chi connectivity index (χ1) is 13.0. The maximum Gasteiger partial charge on any atom is 0.169 e. The highest BCUT2D eigenvalue weighted by molar-refractivity contribution is 5.46. The van der Waals surface area contributed by atoms with Crippen LogP contribution in [0.4, 0.5) is 0 Å². The quantitative estimate of drug-likeness (QED) is 0.527. The smallest absolute Gasteiger partial charge is 0.169 e. The second-order valence-electron chi connectivity index (χ2n) is 6.99. The Morgan fingerprint density at radius 1 is 0.852 bits per heavy atom. The van der Waals surface area contributed by atoms with E-state index in [1.807, 2.05) is 36.4 Å². The van der Waals surface area contributed by atoms with Crippen molar-refractivity contribution >= 4 is 0 Å². The molecule has 0 amide bonds. The summed E-state index contributed by atoms with van der Waals surface area (Å²) in [6.07, 6.45) is 3.01. The van der Waals surface area contributed by atoms with Crippen LogP contribution in [0.3, 0.4) is 0 Å². The second-order valence-corrected chi connectivity index (χ2v) is 6.99. The van der Waals surface area contributed by atoms with E-state index >= 15 is 0 Å². The van der Waals surface area contributed by atoms with E-state index in [2.05, 4.69) is 26.0 Å². The molecule has 3 rings (SSSR count). The Morgan fingerprint density at radius 3 is 2.19 bits per heavy atom. The first-order valence-electron chi connectivity index (χ1n) is 9.42. The van der Waals surface area contributed by atoms with Crippen molar-refractivity contribution in [1.82, 2.24) is 0 Å². The molecular weight excluding hydrogens is 336 g/mol. The van der Waals surface area contributed by atoms with Crippen LogP contribution in [0.25, 0.3) is 0 Å². The predicted molar refractivity (Wildman–Crippen MR) is 109 cm³/mol. The highest BCUT2D eigenvalue weighted by Crippen LogP contribution is 2.34. The van der Waals surface area contributed by atoms with Gasteiger partial charge in [0.2, 0.25) is 0 Å². The number of ether oxygens (including phenoxy) is 1. The van der Waals surface area contributed by atoms with Crippen LogP contribution in [0, 0.1) is 0 Å². The third kappa shape index (κ3) is 5.04. The monoisotopic (exact) mass is 362 g/mol. The first kappa shape index (κ1) is 18.8. The molecule has 0 aliphatic rings. The van der Waals surface area contributed by atoms with Gasteiger partial charge in [0.05, 0.1) is 0 Å². The number of aryl methyl sites for hydroxylation is 1. The molecule has 1 unspecified atom stereocenters. The lowest BCUT2D eigenvalue weighted by molar-refractivity contribution is 0.410. The molecule has 0 heterocycles. The van der Waals surface area contributed by atoms with Crippen molar-refractivity contribution in [1.29, 1.82) is 0 Å². The lowest BCUT2D eigenvalue weighted by atomic mass is 9.93. The number of phenols is 2. The minimum Gasteiger partial charge on any atom is -0.508 e. The highest BCUT2D eigenvalue weighted by atomic mass is 16.5. The minimum atomic E-state index is 0.133. The van der Waals surface area contributed by atoms with Crippen molar-refractivity contribution in [3.8, 4) is 23.0 Å². The number of benzene rings is 3. The van der Waals surface area contributed by atoms with Gasteiger partial charge in [0, 0.05) is 0 Å². The van der Waals surface area contributed by atoms with E-state index in [-0.39, 0.29) is 17.4 Å². The molecular formula is C24H26O3. The molecule has 0 aliphatic heterocycles. The molecule has 140 valence electrons. The van der Waals surface area contributed by atoms with Gasteiger partial charge in [-0.25, -0.2) is 0 Å². The normalized spacial score (nSPS) is 11.9. The van der Waals surface area contributed by atoms with Crippen LogP contribution in [0.15, 0.2) is 66.7 Å². The summed E-state index contributed by atoms with van der Waals surface area (Å²) in [5, 5.41) is 19.6. The molecule has 3 heteroatoms. The SMILES string of the molecule is CCCc1ccc(Oc2cc(C(C)Cc3ccc(O)cc3)ccc2O)cc1. The largest absolute Gasteiger partial charge is 0.508 e. The molecule has 0 saturated carbocycles. The Kier molecular flexibility index (Phi) is 6.02. The summed E-state index contributed by atoms with van der Waals surface area (Å²) in [6.45, 7) is 4.30. The number of hydrogen-bond acceptors (Lipinski definition) is 3. The maximum atomic E-state index is 10.2. The van der Waals surface area contributed by atoms with Gasteiger partial charge in [0.1, 0.15) is 11.5 Å². The Balaban J connectivity index is 1.74. The van der Waals surface area contributed by atoms with Crippen LogP contribution < -0.4 is 4.74 Å². The zero-order valence-corrected chi connectivity index (χ0v) is 15.9. The molecule has 3 aromatic rings. The van der Waals surface area contributed by atoms with Crippen molar-refractivity contribution in [3.05, 3.63) is 83.4 Å². The van der Waals surface area contributed by atoms with E-state index in [0.29, 0.717) is 11.5 Å². The average molecular weight is 362 g/mol. The van der Waals surface area contributed by atoms with Gasteiger partial charge in [-0.2, -0.15) is 0 Å². The van der Waals surface area contributed by atoms with Gasteiger partial charge in [-0.15, -0.1) is 0 Å². The number of rotatable bonds is 7. The standard InChI is InChI=1S/C24H26O3/c1-3-4-18-7-12-22(13-8-18)27-24-16-20(9-14-23(24)26)17(2)15-19-5-10-21(25)11-6-19/h5-14,16-17,25-26H,3-4,15H2,1-2H3. The third-order valence-electron chi connectivity index (χ3n) is 4.72. The second kappa shape index (κ2) is 8.63. The molecule has 0 aliphatic carbocycles. The van der Waals surface area contributed by atoms with Gasteiger partial charge >= 0.3 is 0 Å². The fourth-order valence-corrected chi connectivity index (χ4v) is 3.16. The van der Waals surface area contributed by atoms with E-state index in [9.17, 15) is 10.2 Å². The van der Waals surface area contributed by atoms with Gasteiger partial charge in [0.25, 0.3) is 0 Å². The zero-order valence-electron chi connectivity index (χ0n) is 15.9. The predicted octanol–water partition coefficient (Wildman–Crippen LogP) is 6.19. The van der Waals surface area contributed by atoms with Gasteiger partial charge in [-0.1, -0.05) is 50.6 Å². The Morgan fingerprint density at radius 2 is 1.52 bits per heavy atom. The van der Waals surface area contributed by atoms with Crippen LogP contribution in [0.1, 0.15) is 42.9 Å². The lowest BCUT2D eigenvalue weighted by Gasteiger charge is -2.15. The molecule has 0 saturated heterocycles. The number of aromatic hydroxyl groups is 2. The van der Waals surface area contributed by atoms with E-state index in [1.54, 1.807) is 18.2 Å². The van der Waals surface area contributed by atoms with Crippen LogP contribution in [-0.2, 0) is 12.8 Å². The molecule has 3 nitrogen and oxygen atoms in total. The van der Waals surface area contributed by atoms with E-state index in [4.69, 9.17) is 4.74 Å². The van der Waals surface area contributed by atoms with E-state index in [0.717, 1.165) is 30.4 Å². The summed E-state index contributed by atoms with van der Waals surface area (Å²) in [4.78, 5) is 0. The summed E-state index contributed by atoms with van der Waals surface area (Å²) in [6, 6.07) is 20.8. The molecule has 1 atom stereocenters. The van der Waals surface area contributed by atoms with Gasteiger partial charge < -0.3 is 14.9 Å². The summed E-state index contributed by atoms with van der Waals surface area (Å²) >= 11 is 0. The Labute approximate surface area is 160 Å². The van der Waals surface area contributed by atoms with Crippen molar-refractivity contribution in [2.75, 3.05) is 0 Å². The fraction of sp³-hybridized carbons (Fsp3) is 0.250. The van der Waals surface area contributed by atoms with Gasteiger partial charge in [0.15, 0.2) is 11.5 Å². The lowest BCUT2D eigenvalue weighted by Crippen LogP contribution is -1.99. The Bertz CT molecular complexity index is 867. The van der Waals surface area contributed by atoms with E-state index < -0.39 is 0 Å². The van der Waals surface area contributed by atoms with E-state index in [1.165, 1.54) is 5.56 Å². The van der Waals surface area contributed by atoms with Gasteiger partial charge in [-0.05, 0) is 71.8 Å². The molecule has 27 heavy (non-hydrogen) atoms. The molecule has 0 radical (unpaired) electrons. The first-order valence-corrected chi connectivity index (χ1v) is 9.42. The average Bonchev–Trinajstić information content (AvgIpc) is 2.67.